The van der Waals surface area contributed by atoms with E-state index in [2.05, 4.69) is 20.9 Å². The van der Waals surface area contributed by atoms with Crippen LogP contribution in [0.4, 0.5) is 0 Å². The van der Waals surface area contributed by atoms with Gasteiger partial charge < -0.3 is 4.90 Å². The molecule has 0 aromatic rings. The van der Waals surface area contributed by atoms with Crippen LogP contribution in [0.5, 0.6) is 0 Å². The second-order valence-electron chi connectivity index (χ2n) is 2.87. The van der Waals surface area contributed by atoms with Crippen LogP contribution in [0.25, 0.3) is 0 Å². The van der Waals surface area contributed by atoms with E-state index in [9.17, 15) is 0 Å². The quantitative estimate of drug-likeness (QED) is 0.409. The molecule has 0 radical (unpaired) electrons. The highest BCUT2D eigenvalue weighted by Gasteiger charge is 1.92. The summed E-state index contributed by atoms with van der Waals surface area (Å²) < 4.78 is 0. The molecule has 0 aliphatic rings. The highest BCUT2D eigenvalue weighted by Crippen LogP contribution is 1.99. The van der Waals surface area contributed by atoms with E-state index in [1.54, 1.807) is 0 Å². The van der Waals surface area contributed by atoms with Crippen molar-refractivity contribution in [3.8, 4) is 0 Å². The van der Waals surface area contributed by atoms with Crippen LogP contribution in [0.2, 0.25) is 0 Å². The van der Waals surface area contributed by atoms with E-state index in [1.807, 2.05) is 14.1 Å². The summed E-state index contributed by atoms with van der Waals surface area (Å²) in [5.74, 6) is 0. The number of rotatable bonds is 6. The van der Waals surface area contributed by atoms with Crippen LogP contribution in [-0.2, 0) is 0 Å². The van der Waals surface area contributed by atoms with Crippen LogP contribution in [0.1, 0.15) is 6.42 Å². The van der Waals surface area contributed by atoms with Crippen molar-refractivity contribution in [2.45, 2.75) is 11.3 Å². The van der Waals surface area contributed by atoms with Crippen molar-refractivity contribution in [1.82, 2.24) is 4.90 Å². The standard InChI is InChI=1S/C8H15Cl2N3.ClH/c1-13(2)5-3-4-11-7-12-6-8(9)10;/h8H,3-6H2,1-2H3;1H. The Bertz CT molecular complexity index is 177. The largest absolute Gasteiger partial charge is 0.309 e. The van der Waals surface area contributed by atoms with Crippen LogP contribution >= 0.6 is 35.6 Å². The molecule has 0 aliphatic heterocycles. The molecule has 0 aliphatic carbocycles. The van der Waals surface area contributed by atoms with Gasteiger partial charge in [-0.25, -0.2) is 9.98 Å². The Morgan fingerprint density at radius 2 is 1.93 bits per heavy atom. The van der Waals surface area contributed by atoms with Crippen LogP contribution in [0.15, 0.2) is 9.98 Å². The lowest BCUT2D eigenvalue weighted by atomic mass is 10.4. The molecule has 3 nitrogen and oxygen atoms in total. The summed E-state index contributed by atoms with van der Waals surface area (Å²) in [6.07, 6.45) is 1.01. The van der Waals surface area contributed by atoms with E-state index >= 15 is 0 Å². The van der Waals surface area contributed by atoms with Gasteiger partial charge in [0.25, 0.3) is 0 Å². The number of aliphatic imine (C=N–C) groups is 2. The van der Waals surface area contributed by atoms with Gasteiger partial charge in [0.2, 0.25) is 0 Å². The molecule has 0 aromatic heterocycles. The molecule has 0 spiro atoms. The van der Waals surface area contributed by atoms with Crippen LogP contribution in [0, 0.1) is 0 Å². The fourth-order valence-corrected chi connectivity index (χ4v) is 0.814. The zero-order valence-electron chi connectivity index (χ0n) is 8.41. The van der Waals surface area contributed by atoms with Crippen molar-refractivity contribution < 1.29 is 0 Å². The molecular weight excluding hydrogens is 244 g/mol. The van der Waals surface area contributed by atoms with Gasteiger partial charge in [-0.15, -0.1) is 35.6 Å². The van der Waals surface area contributed by atoms with Crippen LogP contribution < -0.4 is 0 Å². The van der Waals surface area contributed by atoms with Crippen molar-refractivity contribution in [3.63, 3.8) is 0 Å². The van der Waals surface area contributed by atoms with Gasteiger partial charge in [-0.3, -0.25) is 0 Å². The third-order valence-corrected chi connectivity index (χ3v) is 1.52. The normalized spacial score (nSPS) is 9.57. The Hall–Kier alpha value is 0.210. The number of nitrogens with zero attached hydrogens (tertiary/aromatic N) is 3. The van der Waals surface area contributed by atoms with E-state index in [0.717, 1.165) is 19.5 Å². The highest BCUT2D eigenvalue weighted by atomic mass is 35.5. The van der Waals surface area contributed by atoms with Gasteiger partial charge in [-0.2, -0.15) is 0 Å². The summed E-state index contributed by atoms with van der Waals surface area (Å²) >= 11 is 10.9. The first-order valence-corrected chi connectivity index (χ1v) is 5.01. The Labute approximate surface area is 102 Å². The molecule has 0 saturated heterocycles. The molecule has 0 amide bonds. The van der Waals surface area contributed by atoms with Gasteiger partial charge in [-0.1, -0.05) is 0 Å². The molecule has 0 atom stereocenters. The predicted octanol–water partition coefficient (Wildman–Crippen LogP) is 2.34. The van der Waals surface area contributed by atoms with Gasteiger partial charge in [0.1, 0.15) is 4.84 Å². The van der Waals surface area contributed by atoms with Crippen molar-refractivity contribution in [3.05, 3.63) is 0 Å². The van der Waals surface area contributed by atoms with E-state index in [4.69, 9.17) is 23.2 Å². The average Bonchev–Trinajstić information content (AvgIpc) is 2.01. The van der Waals surface area contributed by atoms with Crippen molar-refractivity contribution >= 4 is 41.6 Å². The van der Waals surface area contributed by atoms with Crippen molar-refractivity contribution in [2.24, 2.45) is 9.98 Å². The number of alkyl halides is 2. The third-order valence-electron chi connectivity index (χ3n) is 1.25. The lowest BCUT2D eigenvalue weighted by Crippen LogP contribution is -2.13. The Kier molecular flexibility index (Phi) is 13.4. The maximum atomic E-state index is 5.44. The molecule has 0 aromatic carbocycles. The minimum atomic E-state index is -0.454. The topological polar surface area (TPSA) is 28.0 Å². The van der Waals surface area contributed by atoms with Gasteiger partial charge in [0.05, 0.1) is 19.1 Å². The lowest BCUT2D eigenvalue weighted by molar-refractivity contribution is 0.403. The van der Waals surface area contributed by atoms with Gasteiger partial charge in [-0.05, 0) is 27.1 Å². The predicted molar refractivity (Wildman–Crippen MR) is 65.5 cm³/mol. The molecule has 0 rings (SSSR count). The van der Waals surface area contributed by atoms with Gasteiger partial charge in [0, 0.05) is 0 Å². The average molecular weight is 261 g/mol. The molecule has 84 valence electrons. The first-order chi connectivity index (χ1) is 6.13. The summed E-state index contributed by atoms with van der Waals surface area (Å²) in [4.78, 5) is 9.41. The number of halogens is 3. The second-order valence-corrected chi connectivity index (χ2v) is 4.15. The molecule has 0 N–H and O–H groups in total. The van der Waals surface area contributed by atoms with Crippen molar-refractivity contribution in [1.29, 1.82) is 0 Å². The van der Waals surface area contributed by atoms with Crippen molar-refractivity contribution in [2.75, 3.05) is 33.7 Å². The Morgan fingerprint density at radius 3 is 2.43 bits per heavy atom. The summed E-state index contributed by atoms with van der Waals surface area (Å²) in [5, 5.41) is 0. The zero-order chi connectivity index (χ0) is 10.1. The molecule has 0 heterocycles. The maximum Gasteiger partial charge on any atom is 0.128 e. The van der Waals surface area contributed by atoms with Crippen LogP contribution in [-0.4, -0.2) is 49.5 Å². The number of hydrogen-bond acceptors (Lipinski definition) is 3. The van der Waals surface area contributed by atoms with E-state index in [-0.39, 0.29) is 12.4 Å². The minimum Gasteiger partial charge on any atom is -0.309 e. The Balaban J connectivity index is 0. The molecular formula is C8H16Cl3N3. The molecule has 6 heteroatoms. The van der Waals surface area contributed by atoms with Gasteiger partial charge >= 0.3 is 0 Å². The first kappa shape index (κ1) is 16.6. The second kappa shape index (κ2) is 11.3. The summed E-state index contributed by atoms with van der Waals surface area (Å²) in [6, 6.07) is 2.55. The fourth-order valence-electron chi connectivity index (χ4n) is 0.676. The highest BCUT2D eigenvalue weighted by molar-refractivity contribution is 6.44. The molecule has 0 bridgehead atoms. The monoisotopic (exact) mass is 259 g/mol. The molecule has 0 fully saturated rings. The van der Waals surface area contributed by atoms with E-state index in [0.29, 0.717) is 6.54 Å². The van der Waals surface area contributed by atoms with E-state index in [1.165, 1.54) is 0 Å². The van der Waals surface area contributed by atoms with Gasteiger partial charge in [0.15, 0.2) is 0 Å². The summed E-state index contributed by atoms with van der Waals surface area (Å²) in [6.45, 7) is 2.13. The van der Waals surface area contributed by atoms with E-state index < -0.39 is 4.84 Å². The van der Waals surface area contributed by atoms with Crippen LogP contribution in [0.3, 0.4) is 0 Å². The lowest BCUT2D eigenvalue weighted by Gasteiger charge is -2.05. The smallest absolute Gasteiger partial charge is 0.128 e. The zero-order valence-corrected chi connectivity index (χ0v) is 10.7. The molecule has 0 unspecified atom stereocenters. The third kappa shape index (κ3) is 14.7. The first-order valence-electron chi connectivity index (χ1n) is 4.14. The molecule has 14 heavy (non-hydrogen) atoms. The fraction of sp³-hybridized carbons (Fsp3) is 0.875. The number of hydrogen-bond donors (Lipinski definition) is 0. The minimum absolute atomic E-state index is 0. The summed E-state index contributed by atoms with van der Waals surface area (Å²) in [7, 11) is 4.06. The molecule has 0 saturated carbocycles. The maximum absolute atomic E-state index is 5.44. The summed E-state index contributed by atoms with van der Waals surface area (Å²) in [5.41, 5.74) is 0. The Morgan fingerprint density at radius 1 is 1.29 bits per heavy atom. The SMILES string of the molecule is CN(C)CCCN=C=NCC(Cl)Cl.Cl.